The van der Waals surface area contributed by atoms with E-state index in [2.05, 4.69) is 32.7 Å². The fourth-order valence-corrected chi connectivity index (χ4v) is 4.08. The third-order valence-corrected chi connectivity index (χ3v) is 5.76. The molecule has 0 spiro atoms. The van der Waals surface area contributed by atoms with Gasteiger partial charge < -0.3 is 10.6 Å². The quantitative estimate of drug-likeness (QED) is 0.845. The number of hydrogen-bond acceptors (Lipinski definition) is 2. The summed E-state index contributed by atoms with van der Waals surface area (Å²) in [6, 6.07) is 1.25. The van der Waals surface area contributed by atoms with E-state index in [1.807, 2.05) is 0 Å². The summed E-state index contributed by atoms with van der Waals surface area (Å²) in [5, 5.41) is 0. The highest BCUT2D eigenvalue weighted by Gasteiger charge is 2.32. The zero-order valence-corrected chi connectivity index (χ0v) is 13.5. The van der Waals surface area contributed by atoms with Gasteiger partial charge in [0, 0.05) is 18.6 Å². The molecule has 2 saturated carbocycles. The number of nitrogens with two attached hydrogens (primary N) is 1. The predicted octanol–water partition coefficient (Wildman–Crippen LogP) is 3.65. The molecule has 3 unspecified atom stereocenters. The van der Waals surface area contributed by atoms with E-state index in [0.29, 0.717) is 11.5 Å². The summed E-state index contributed by atoms with van der Waals surface area (Å²) < 4.78 is 0. The van der Waals surface area contributed by atoms with Crippen molar-refractivity contribution in [1.82, 2.24) is 4.90 Å². The van der Waals surface area contributed by atoms with Gasteiger partial charge in [-0.25, -0.2) is 0 Å². The van der Waals surface area contributed by atoms with Crippen molar-refractivity contribution in [2.45, 2.75) is 77.8 Å². The molecule has 0 bridgehead atoms. The van der Waals surface area contributed by atoms with Crippen molar-refractivity contribution in [1.29, 1.82) is 0 Å². The molecule has 2 N–H and O–H groups in total. The molecule has 0 amide bonds. The van der Waals surface area contributed by atoms with E-state index >= 15 is 0 Å². The van der Waals surface area contributed by atoms with E-state index in [9.17, 15) is 0 Å². The maximum absolute atomic E-state index is 6.34. The summed E-state index contributed by atoms with van der Waals surface area (Å²) in [5.41, 5.74) is 6.91. The molecule has 19 heavy (non-hydrogen) atoms. The van der Waals surface area contributed by atoms with E-state index in [4.69, 9.17) is 5.73 Å². The smallest absolute Gasteiger partial charge is 0.00927 e. The Hall–Kier alpha value is -0.0800. The van der Waals surface area contributed by atoms with Gasteiger partial charge in [0.1, 0.15) is 0 Å². The number of nitrogens with zero attached hydrogens (tertiary/aromatic N) is 1. The van der Waals surface area contributed by atoms with Crippen LogP contribution in [0.15, 0.2) is 0 Å². The zero-order chi connectivity index (χ0) is 14.0. The molecule has 0 heterocycles. The Morgan fingerprint density at radius 2 is 1.74 bits per heavy atom. The van der Waals surface area contributed by atoms with Crippen molar-refractivity contribution in [3.63, 3.8) is 0 Å². The number of rotatable bonds is 3. The highest BCUT2D eigenvalue weighted by Crippen LogP contribution is 2.37. The molecule has 2 aliphatic rings. The molecule has 2 heteroatoms. The Kier molecular flexibility index (Phi) is 4.94. The molecule has 2 rings (SSSR count). The van der Waals surface area contributed by atoms with Crippen molar-refractivity contribution in [3.8, 4) is 0 Å². The summed E-state index contributed by atoms with van der Waals surface area (Å²) in [4.78, 5) is 2.62. The van der Waals surface area contributed by atoms with Crippen LogP contribution in [-0.2, 0) is 0 Å². The average Bonchev–Trinajstić information content (AvgIpc) is 2.33. The van der Waals surface area contributed by atoms with Gasteiger partial charge >= 0.3 is 0 Å². The molecule has 2 nitrogen and oxygen atoms in total. The lowest BCUT2D eigenvalue weighted by molar-refractivity contribution is 0.0958. The summed E-state index contributed by atoms with van der Waals surface area (Å²) in [7, 11) is 2.33. The summed E-state index contributed by atoms with van der Waals surface area (Å²) >= 11 is 0. The molecule has 0 aromatic carbocycles. The van der Waals surface area contributed by atoms with Gasteiger partial charge in [0.15, 0.2) is 0 Å². The SMILES string of the molecule is CC1CCC(N)C(CN(C)C2CCC(C)(C)CC2)C1. The number of hydrogen-bond donors (Lipinski definition) is 1. The van der Waals surface area contributed by atoms with Crippen molar-refractivity contribution in [3.05, 3.63) is 0 Å². The first kappa shape index (κ1) is 15.3. The minimum Gasteiger partial charge on any atom is -0.327 e. The van der Waals surface area contributed by atoms with Crippen LogP contribution in [0.5, 0.6) is 0 Å². The predicted molar refractivity (Wildman–Crippen MR) is 83.1 cm³/mol. The minimum absolute atomic E-state index is 0.443. The molecular formula is C17H34N2. The van der Waals surface area contributed by atoms with Crippen LogP contribution in [-0.4, -0.2) is 30.6 Å². The summed E-state index contributed by atoms with van der Waals surface area (Å²) in [5.74, 6) is 1.60. The molecule has 0 aromatic rings. The molecule has 2 fully saturated rings. The van der Waals surface area contributed by atoms with Gasteiger partial charge in [0.05, 0.1) is 0 Å². The molecule has 0 aliphatic heterocycles. The van der Waals surface area contributed by atoms with Crippen LogP contribution in [0.2, 0.25) is 0 Å². The van der Waals surface area contributed by atoms with Crippen LogP contribution in [0.1, 0.15) is 65.7 Å². The van der Waals surface area contributed by atoms with Crippen molar-refractivity contribution in [2.75, 3.05) is 13.6 Å². The van der Waals surface area contributed by atoms with Gasteiger partial charge in [-0.3, -0.25) is 0 Å². The van der Waals surface area contributed by atoms with Gasteiger partial charge in [0.2, 0.25) is 0 Å². The van der Waals surface area contributed by atoms with Crippen LogP contribution in [0, 0.1) is 17.3 Å². The lowest BCUT2D eigenvalue weighted by atomic mass is 9.74. The maximum atomic E-state index is 6.34. The third-order valence-electron chi connectivity index (χ3n) is 5.76. The van der Waals surface area contributed by atoms with E-state index in [0.717, 1.165) is 17.9 Å². The lowest BCUT2D eigenvalue weighted by Gasteiger charge is -2.41. The Balaban J connectivity index is 1.82. The highest BCUT2D eigenvalue weighted by molar-refractivity contribution is 4.87. The van der Waals surface area contributed by atoms with Gasteiger partial charge in [-0.05, 0) is 69.2 Å². The molecule has 2 aliphatic carbocycles. The second-order valence-electron chi connectivity index (χ2n) is 8.18. The summed E-state index contributed by atoms with van der Waals surface area (Å²) in [6.07, 6.45) is 9.42. The molecule has 0 radical (unpaired) electrons. The lowest BCUT2D eigenvalue weighted by Crippen LogP contribution is -2.45. The van der Waals surface area contributed by atoms with Crippen LogP contribution < -0.4 is 5.73 Å². The first-order valence-electron chi connectivity index (χ1n) is 8.33. The monoisotopic (exact) mass is 266 g/mol. The minimum atomic E-state index is 0.443. The highest BCUT2D eigenvalue weighted by atomic mass is 15.1. The first-order chi connectivity index (χ1) is 8.87. The molecule has 0 saturated heterocycles. The average molecular weight is 266 g/mol. The van der Waals surface area contributed by atoms with Gasteiger partial charge in [-0.15, -0.1) is 0 Å². The van der Waals surface area contributed by atoms with Crippen LogP contribution in [0.25, 0.3) is 0 Å². The van der Waals surface area contributed by atoms with Crippen molar-refractivity contribution >= 4 is 0 Å². The summed E-state index contributed by atoms with van der Waals surface area (Å²) in [6.45, 7) is 8.45. The Bertz CT molecular complexity index is 277. The van der Waals surface area contributed by atoms with E-state index in [-0.39, 0.29) is 0 Å². The topological polar surface area (TPSA) is 29.3 Å². The van der Waals surface area contributed by atoms with Crippen molar-refractivity contribution in [2.24, 2.45) is 23.0 Å². The van der Waals surface area contributed by atoms with Gasteiger partial charge in [0.25, 0.3) is 0 Å². The fourth-order valence-electron chi connectivity index (χ4n) is 4.08. The third kappa shape index (κ3) is 4.19. The Labute approximate surface area is 120 Å². The normalized spacial score (nSPS) is 36.6. The zero-order valence-electron chi connectivity index (χ0n) is 13.5. The van der Waals surface area contributed by atoms with E-state index in [1.165, 1.54) is 51.5 Å². The fraction of sp³-hybridized carbons (Fsp3) is 1.00. The van der Waals surface area contributed by atoms with Gasteiger partial charge in [-0.1, -0.05) is 20.8 Å². The van der Waals surface area contributed by atoms with Crippen LogP contribution in [0.4, 0.5) is 0 Å². The second-order valence-corrected chi connectivity index (χ2v) is 8.18. The molecule has 0 aromatic heterocycles. The Morgan fingerprint density at radius 1 is 1.11 bits per heavy atom. The molecular weight excluding hydrogens is 232 g/mol. The largest absolute Gasteiger partial charge is 0.327 e. The molecule has 112 valence electrons. The standard InChI is InChI=1S/C17H34N2/c1-13-5-6-16(18)14(11-13)12-19(4)15-7-9-17(2,3)10-8-15/h13-16H,5-12,18H2,1-4H3. The second kappa shape index (κ2) is 6.13. The van der Waals surface area contributed by atoms with Gasteiger partial charge in [-0.2, -0.15) is 0 Å². The van der Waals surface area contributed by atoms with Crippen LogP contribution in [0.3, 0.4) is 0 Å². The van der Waals surface area contributed by atoms with Crippen molar-refractivity contribution < 1.29 is 0 Å². The maximum Gasteiger partial charge on any atom is 0.00927 e. The molecule has 3 atom stereocenters. The van der Waals surface area contributed by atoms with Crippen LogP contribution >= 0.6 is 0 Å². The Morgan fingerprint density at radius 3 is 2.37 bits per heavy atom. The first-order valence-corrected chi connectivity index (χ1v) is 8.33. The van der Waals surface area contributed by atoms with E-state index < -0.39 is 0 Å². The van der Waals surface area contributed by atoms with E-state index in [1.54, 1.807) is 0 Å².